The van der Waals surface area contributed by atoms with E-state index in [1.54, 1.807) is 0 Å². The standard InChI is InChI=1S/C11H20ClIO/c1-9-3-5-10(6-4-9)14-11(2,7-12)8-13/h9-10H,3-8H2,1-2H3. The molecule has 84 valence electrons. The molecule has 0 aromatic carbocycles. The molecule has 0 bridgehead atoms. The lowest BCUT2D eigenvalue weighted by Crippen LogP contribution is -2.38. The average molecular weight is 331 g/mol. The van der Waals surface area contributed by atoms with Crippen molar-refractivity contribution in [1.82, 2.24) is 0 Å². The minimum Gasteiger partial charge on any atom is -0.370 e. The van der Waals surface area contributed by atoms with Gasteiger partial charge in [-0.15, -0.1) is 11.6 Å². The van der Waals surface area contributed by atoms with Crippen LogP contribution in [0.1, 0.15) is 39.5 Å². The van der Waals surface area contributed by atoms with Crippen molar-refractivity contribution in [3.63, 3.8) is 0 Å². The fourth-order valence-corrected chi connectivity index (χ4v) is 2.77. The van der Waals surface area contributed by atoms with Crippen LogP contribution >= 0.6 is 34.2 Å². The topological polar surface area (TPSA) is 9.23 Å². The first-order chi connectivity index (χ1) is 6.59. The van der Waals surface area contributed by atoms with Gasteiger partial charge in [-0.3, -0.25) is 0 Å². The molecule has 1 aliphatic carbocycles. The summed E-state index contributed by atoms with van der Waals surface area (Å²) in [6.07, 6.45) is 5.49. The van der Waals surface area contributed by atoms with Crippen molar-refractivity contribution >= 4 is 34.2 Å². The highest BCUT2D eigenvalue weighted by Gasteiger charge is 2.28. The summed E-state index contributed by atoms with van der Waals surface area (Å²) in [5.74, 6) is 1.49. The van der Waals surface area contributed by atoms with E-state index >= 15 is 0 Å². The fraction of sp³-hybridized carbons (Fsp3) is 1.00. The number of alkyl halides is 2. The molecule has 0 aromatic rings. The second kappa shape index (κ2) is 5.90. The van der Waals surface area contributed by atoms with Crippen molar-refractivity contribution in [2.45, 2.75) is 51.2 Å². The van der Waals surface area contributed by atoms with Crippen LogP contribution in [0.4, 0.5) is 0 Å². The van der Waals surface area contributed by atoms with Gasteiger partial charge < -0.3 is 4.74 Å². The summed E-state index contributed by atoms with van der Waals surface area (Å²) in [6, 6.07) is 0. The number of hydrogen-bond acceptors (Lipinski definition) is 1. The van der Waals surface area contributed by atoms with Crippen LogP contribution in [-0.2, 0) is 4.74 Å². The molecule has 0 radical (unpaired) electrons. The van der Waals surface area contributed by atoms with E-state index in [-0.39, 0.29) is 5.60 Å². The van der Waals surface area contributed by atoms with Crippen LogP contribution in [0.25, 0.3) is 0 Å². The average Bonchev–Trinajstić information content (AvgIpc) is 2.21. The zero-order valence-corrected chi connectivity index (χ0v) is 12.0. The van der Waals surface area contributed by atoms with Crippen molar-refractivity contribution in [1.29, 1.82) is 0 Å². The highest BCUT2D eigenvalue weighted by molar-refractivity contribution is 14.1. The molecule has 0 saturated heterocycles. The molecule has 0 aliphatic heterocycles. The quantitative estimate of drug-likeness (QED) is 0.559. The molecule has 1 saturated carbocycles. The molecule has 14 heavy (non-hydrogen) atoms. The van der Waals surface area contributed by atoms with E-state index < -0.39 is 0 Å². The molecule has 1 atom stereocenters. The maximum absolute atomic E-state index is 6.09. The van der Waals surface area contributed by atoms with Crippen LogP contribution in [0.3, 0.4) is 0 Å². The van der Waals surface area contributed by atoms with Gasteiger partial charge in [0, 0.05) is 4.43 Å². The molecule has 1 aliphatic rings. The van der Waals surface area contributed by atoms with E-state index in [4.69, 9.17) is 16.3 Å². The van der Waals surface area contributed by atoms with Gasteiger partial charge in [-0.25, -0.2) is 0 Å². The van der Waals surface area contributed by atoms with Gasteiger partial charge in [0.05, 0.1) is 17.6 Å². The minimum absolute atomic E-state index is 0.118. The van der Waals surface area contributed by atoms with Crippen molar-refractivity contribution < 1.29 is 4.74 Å². The third-order valence-corrected chi connectivity index (χ3v) is 5.16. The molecule has 1 fully saturated rings. The Bertz CT molecular complexity index is 163. The molecular weight excluding hydrogens is 310 g/mol. The summed E-state index contributed by atoms with van der Waals surface area (Å²) in [5.41, 5.74) is -0.118. The molecule has 0 spiro atoms. The number of hydrogen-bond donors (Lipinski definition) is 0. The largest absolute Gasteiger partial charge is 0.370 e. The molecule has 1 nitrogen and oxygen atoms in total. The van der Waals surface area contributed by atoms with Gasteiger partial charge in [0.25, 0.3) is 0 Å². The van der Waals surface area contributed by atoms with E-state index in [2.05, 4.69) is 36.4 Å². The van der Waals surface area contributed by atoms with Gasteiger partial charge in [-0.05, 0) is 38.5 Å². The normalized spacial score (nSPS) is 32.6. The third kappa shape index (κ3) is 3.86. The van der Waals surface area contributed by atoms with Crippen molar-refractivity contribution in [2.24, 2.45) is 5.92 Å². The van der Waals surface area contributed by atoms with E-state index in [1.165, 1.54) is 25.7 Å². The number of rotatable bonds is 4. The minimum atomic E-state index is -0.118. The SMILES string of the molecule is CC1CCC(OC(C)(CCl)CI)CC1. The highest BCUT2D eigenvalue weighted by Crippen LogP contribution is 2.29. The number of halogens is 2. The first kappa shape index (κ1) is 13.0. The maximum atomic E-state index is 6.09. The Morgan fingerprint density at radius 1 is 1.36 bits per heavy atom. The summed E-state index contributed by atoms with van der Waals surface area (Å²) in [6.45, 7) is 4.44. The fourth-order valence-electron chi connectivity index (χ4n) is 1.85. The lowest BCUT2D eigenvalue weighted by atomic mass is 9.88. The van der Waals surface area contributed by atoms with Crippen LogP contribution in [0, 0.1) is 5.92 Å². The van der Waals surface area contributed by atoms with Crippen LogP contribution in [0.2, 0.25) is 0 Å². The monoisotopic (exact) mass is 330 g/mol. The second-order valence-corrected chi connectivity index (χ2v) is 5.75. The lowest BCUT2D eigenvalue weighted by molar-refractivity contribution is -0.0711. The van der Waals surface area contributed by atoms with Gasteiger partial charge in [0.15, 0.2) is 0 Å². The Balaban J connectivity index is 2.36. The van der Waals surface area contributed by atoms with Gasteiger partial charge in [0.1, 0.15) is 0 Å². The van der Waals surface area contributed by atoms with E-state index in [9.17, 15) is 0 Å². The maximum Gasteiger partial charge on any atom is 0.0881 e. The smallest absolute Gasteiger partial charge is 0.0881 e. The van der Waals surface area contributed by atoms with E-state index in [0.717, 1.165) is 10.3 Å². The molecular formula is C11H20ClIO. The molecule has 3 heteroatoms. The van der Waals surface area contributed by atoms with E-state index in [1.807, 2.05) is 0 Å². The molecule has 0 amide bonds. The third-order valence-electron chi connectivity index (χ3n) is 2.98. The van der Waals surface area contributed by atoms with Gasteiger partial charge >= 0.3 is 0 Å². The lowest BCUT2D eigenvalue weighted by Gasteiger charge is -2.34. The summed E-state index contributed by atoms with van der Waals surface area (Å²) in [7, 11) is 0. The molecule has 0 aromatic heterocycles. The summed E-state index contributed by atoms with van der Waals surface area (Å²) < 4.78 is 7.06. The Hall–Kier alpha value is 0.980. The predicted molar refractivity (Wildman–Crippen MR) is 70.5 cm³/mol. The zero-order valence-electron chi connectivity index (χ0n) is 9.06. The number of ether oxygens (including phenoxy) is 1. The first-order valence-electron chi connectivity index (χ1n) is 5.39. The predicted octanol–water partition coefficient (Wildman–Crippen LogP) is 4.01. The van der Waals surface area contributed by atoms with Crippen molar-refractivity contribution in [3.8, 4) is 0 Å². The Kier molecular flexibility index (Phi) is 5.50. The van der Waals surface area contributed by atoms with Crippen LogP contribution in [-0.4, -0.2) is 22.0 Å². The van der Waals surface area contributed by atoms with Crippen LogP contribution in [0.15, 0.2) is 0 Å². The first-order valence-corrected chi connectivity index (χ1v) is 7.45. The summed E-state index contributed by atoms with van der Waals surface area (Å²) in [4.78, 5) is 0. The molecule has 1 unspecified atom stereocenters. The Labute approximate surface area is 106 Å². The molecule has 0 N–H and O–H groups in total. The molecule has 0 heterocycles. The Morgan fingerprint density at radius 2 is 1.93 bits per heavy atom. The molecule has 1 rings (SSSR count). The van der Waals surface area contributed by atoms with Crippen molar-refractivity contribution in [3.05, 3.63) is 0 Å². The van der Waals surface area contributed by atoms with Crippen LogP contribution < -0.4 is 0 Å². The highest BCUT2D eigenvalue weighted by atomic mass is 127. The summed E-state index contributed by atoms with van der Waals surface area (Å²) in [5, 5.41) is 0. The zero-order chi connectivity index (χ0) is 10.6. The Morgan fingerprint density at radius 3 is 2.36 bits per heavy atom. The van der Waals surface area contributed by atoms with Gasteiger partial charge in [-0.2, -0.15) is 0 Å². The van der Waals surface area contributed by atoms with Gasteiger partial charge in [-0.1, -0.05) is 29.5 Å². The van der Waals surface area contributed by atoms with Crippen LogP contribution in [0.5, 0.6) is 0 Å². The second-order valence-electron chi connectivity index (χ2n) is 4.72. The van der Waals surface area contributed by atoms with E-state index in [0.29, 0.717) is 12.0 Å². The van der Waals surface area contributed by atoms with Crippen molar-refractivity contribution in [2.75, 3.05) is 10.3 Å². The van der Waals surface area contributed by atoms with Gasteiger partial charge in [0.2, 0.25) is 0 Å². The summed E-state index contributed by atoms with van der Waals surface area (Å²) >= 11 is 8.28.